The Hall–Kier alpha value is -1.91. The average molecular weight is 271 g/mol. The van der Waals surface area contributed by atoms with Crippen molar-refractivity contribution in [3.63, 3.8) is 0 Å². The van der Waals surface area contributed by atoms with Gasteiger partial charge < -0.3 is 5.32 Å². The van der Waals surface area contributed by atoms with Gasteiger partial charge in [0.25, 0.3) is 0 Å². The molecule has 0 radical (unpaired) electrons. The third kappa shape index (κ3) is 2.98. The van der Waals surface area contributed by atoms with Gasteiger partial charge in [-0.25, -0.2) is 9.97 Å². The first-order chi connectivity index (χ1) is 9.83. The normalized spacial score (nSPS) is 16.2. The van der Waals surface area contributed by atoms with Crippen molar-refractivity contribution in [2.45, 2.75) is 39.0 Å². The van der Waals surface area contributed by atoms with E-state index in [2.05, 4.69) is 25.5 Å². The third-order valence-electron chi connectivity index (χ3n) is 4.04. The molecule has 0 amide bonds. The fourth-order valence-corrected chi connectivity index (χ4v) is 2.84. The van der Waals surface area contributed by atoms with Crippen LogP contribution in [0.5, 0.6) is 0 Å². The molecule has 1 aliphatic carbocycles. The summed E-state index contributed by atoms with van der Waals surface area (Å²) < 4.78 is 0. The predicted octanol–water partition coefficient (Wildman–Crippen LogP) is 3.17. The van der Waals surface area contributed by atoms with Crippen LogP contribution in [0.15, 0.2) is 18.5 Å². The van der Waals surface area contributed by atoms with Crippen molar-refractivity contribution in [1.29, 1.82) is 0 Å². The van der Waals surface area contributed by atoms with E-state index in [4.69, 9.17) is 0 Å². The summed E-state index contributed by atoms with van der Waals surface area (Å²) >= 11 is 0. The number of hydrogen-bond acceptors (Lipinski definition) is 4. The van der Waals surface area contributed by atoms with Crippen LogP contribution in [-0.2, 0) is 0 Å². The Kier molecular flexibility index (Phi) is 3.95. The van der Waals surface area contributed by atoms with E-state index in [9.17, 15) is 0 Å². The molecule has 20 heavy (non-hydrogen) atoms. The van der Waals surface area contributed by atoms with Crippen LogP contribution in [0.4, 0.5) is 5.95 Å². The van der Waals surface area contributed by atoms with E-state index in [-0.39, 0.29) is 0 Å². The number of rotatable bonds is 4. The standard InChI is InChI=1S/C15H21N5/c1-11-13(10-18-20-11)14-7-8-16-15(19-14)17-9-12-5-3-2-4-6-12/h7-8,10,12H,2-6,9H2,1H3,(H,18,20)(H,16,17,19). The Bertz CT molecular complexity index is 557. The van der Waals surface area contributed by atoms with Crippen molar-refractivity contribution in [3.8, 4) is 11.3 Å². The second-order valence-electron chi connectivity index (χ2n) is 5.53. The number of aromatic nitrogens is 4. The molecule has 2 N–H and O–H groups in total. The highest BCUT2D eigenvalue weighted by atomic mass is 15.1. The van der Waals surface area contributed by atoms with Crippen molar-refractivity contribution < 1.29 is 0 Å². The lowest BCUT2D eigenvalue weighted by Gasteiger charge is -2.21. The maximum absolute atomic E-state index is 4.58. The molecule has 0 bridgehead atoms. The van der Waals surface area contributed by atoms with E-state index in [1.54, 1.807) is 6.20 Å². The number of hydrogen-bond donors (Lipinski definition) is 2. The maximum atomic E-state index is 4.58. The molecule has 2 aromatic rings. The van der Waals surface area contributed by atoms with Gasteiger partial charge in [0.15, 0.2) is 0 Å². The lowest BCUT2D eigenvalue weighted by Crippen LogP contribution is -2.18. The minimum atomic E-state index is 0.716. The first-order valence-corrected chi connectivity index (χ1v) is 7.40. The lowest BCUT2D eigenvalue weighted by molar-refractivity contribution is 0.373. The Morgan fingerprint density at radius 3 is 2.90 bits per heavy atom. The molecule has 5 nitrogen and oxygen atoms in total. The van der Waals surface area contributed by atoms with Gasteiger partial charge in [-0.3, -0.25) is 5.10 Å². The van der Waals surface area contributed by atoms with Gasteiger partial charge in [-0.15, -0.1) is 0 Å². The molecule has 0 aliphatic heterocycles. The van der Waals surface area contributed by atoms with Gasteiger partial charge in [0.05, 0.1) is 11.4 Å². The molecule has 1 fully saturated rings. The molecule has 2 aromatic heterocycles. The Morgan fingerprint density at radius 1 is 1.30 bits per heavy atom. The summed E-state index contributed by atoms with van der Waals surface area (Å²) in [5, 5.41) is 10.4. The molecule has 0 aromatic carbocycles. The second kappa shape index (κ2) is 6.03. The van der Waals surface area contributed by atoms with Gasteiger partial charge in [0.1, 0.15) is 0 Å². The molecular formula is C15H21N5. The number of anilines is 1. The fourth-order valence-electron chi connectivity index (χ4n) is 2.84. The zero-order chi connectivity index (χ0) is 13.8. The van der Waals surface area contributed by atoms with Crippen LogP contribution < -0.4 is 5.32 Å². The molecule has 2 heterocycles. The quantitative estimate of drug-likeness (QED) is 0.896. The zero-order valence-electron chi connectivity index (χ0n) is 11.9. The largest absolute Gasteiger partial charge is 0.354 e. The molecule has 1 saturated carbocycles. The zero-order valence-corrected chi connectivity index (χ0v) is 11.9. The highest BCUT2D eigenvalue weighted by Crippen LogP contribution is 2.24. The molecule has 0 spiro atoms. The van der Waals surface area contributed by atoms with E-state index in [0.717, 1.165) is 29.4 Å². The van der Waals surface area contributed by atoms with Crippen molar-refractivity contribution in [2.24, 2.45) is 5.92 Å². The number of aryl methyl sites for hydroxylation is 1. The maximum Gasteiger partial charge on any atom is 0.223 e. The second-order valence-corrected chi connectivity index (χ2v) is 5.53. The minimum absolute atomic E-state index is 0.716. The average Bonchev–Trinajstić information content (AvgIpc) is 2.93. The van der Waals surface area contributed by atoms with Crippen LogP contribution in [0.2, 0.25) is 0 Å². The highest BCUT2D eigenvalue weighted by molar-refractivity contribution is 5.61. The van der Waals surface area contributed by atoms with Gasteiger partial charge in [0, 0.05) is 24.5 Å². The topological polar surface area (TPSA) is 66.5 Å². The van der Waals surface area contributed by atoms with Crippen molar-refractivity contribution >= 4 is 5.95 Å². The molecule has 0 unspecified atom stereocenters. The summed E-state index contributed by atoms with van der Waals surface area (Å²) in [4.78, 5) is 8.89. The summed E-state index contributed by atoms with van der Waals surface area (Å²) in [5.74, 6) is 1.49. The van der Waals surface area contributed by atoms with Crippen molar-refractivity contribution in [3.05, 3.63) is 24.2 Å². The van der Waals surface area contributed by atoms with E-state index in [1.165, 1.54) is 32.1 Å². The van der Waals surface area contributed by atoms with Crippen LogP contribution in [0, 0.1) is 12.8 Å². The van der Waals surface area contributed by atoms with E-state index in [0.29, 0.717) is 5.95 Å². The van der Waals surface area contributed by atoms with Crippen LogP contribution in [0.25, 0.3) is 11.3 Å². The smallest absolute Gasteiger partial charge is 0.223 e. The van der Waals surface area contributed by atoms with Crippen LogP contribution in [-0.4, -0.2) is 26.7 Å². The van der Waals surface area contributed by atoms with E-state index < -0.39 is 0 Å². The summed E-state index contributed by atoms with van der Waals surface area (Å²) in [6.07, 6.45) is 10.5. The predicted molar refractivity (Wildman–Crippen MR) is 79.4 cm³/mol. The molecule has 3 rings (SSSR count). The van der Waals surface area contributed by atoms with Gasteiger partial charge in [0.2, 0.25) is 5.95 Å². The molecule has 0 saturated heterocycles. The Morgan fingerprint density at radius 2 is 2.15 bits per heavy atom. The molecule has 1 aliphatic rings. The van der Waals surface area contributed by atoms with Gasteiger partial charge >= 0.3 is 0 Å². The number of H-pyrrole nitrogens is 1. The fraction of sp³-hybridized carbons (Fsp3) is 0.533. The number of nitrogens with one attached hydrogen (secondary N) is 2. The Labute approximate surface area is 119 Å². The van der Waals surface area contributed by atoms with Gasteiger partial charge in [-0.1, -0.05) is 19.3 Å². The Balaban J connectivity index is 1.67. The van der Waals surface area contributed by atoms with Crippen molar-refractivity contribution in [2.75, 3.05) is 11.9 Å². The van der Waals surface area contributed by atoms with Crippen LogP contribution in [0.1, 0.15) is 37.8 Å². The molecular weight excluding hydrogens is 250 g/mol. The summed E-state index contributed by atoms with van der Waals surface area (Å²) in [5.41, 5.74) is 2.91. The lowest BCUT2D eigenvalue weighted by atomic mass is 9.89. The SMILES string of the molecule is Cc1n[nH]cc1-c1ccnc(NCC2CCCCC2)n1. The molecule has 0 atom stereocenters. The van der Waals surface area contributed by atoms with Crippen molar-refractivity contribution in [1.82, 2.24) is 20.2 Å². The molecule has 5 heteroatoms. The summed E-state index contributed by atoms with van der Waals surface area (Å²) in [7, 11) is 0. The van der Waals surface area contributed by atoms with E-state index in [1.807, 2.05) is 19.2 Å². The molecule has 106 valence electrons. The van der Waals surface area contributed by atoms with Gasteiger partial charge in [-0.05, 0) is 31.7 Å². The number of nitrogens with zero attached hydrogens (tertiary/aromatic N) is 3. The summed E-state index contributed by atoms with van der Waals surface area (Å²) in [6, 6.07) is 1.92. The first-order valence-electron chi connectivity index (χ1n) is 7.40. The van der Waals surface area contributed by atoms with E-state index >= 15 is 0 Å². The first kappa shape index (κ1) is 13.1. The summed E-state index contributed by atoms with van der Waals surface area (Å²) in [6.45, 7) is 2.96. The minimum Gasteiger partial charge on any atom is -0.354 e. The van der Waals surface area contributed by atoms with Crippen LogP contribution in [0.3, 0.4) is 0 Å². The number of aromatic amines is 1. The van der Waals surface area contributed by atoms with Crippen LogP contribution >= 0.6 is 0 Å². The third-order valence-corrected chi connectivity index (χ3v) is 4.04. The van der Waals surface area contributed by atoms with Gasteiger partial charge in [-0.2, -0.15) is 5.10 Å². The monoisotopic (exact) mass is 271 g/mol. The highest BCUT2D eigenvalue weighted by Gasteiger charge is 2.13.